The van der Waals surface area contributed by atoms with Gasteiger partial charge in [0, 0.05) is 65.0 Å². The van der Waals surface area contributed by atoms with Crippen molar-refractivity contribution < 1.29 is 23.9 Å². The molecule has 11 nitrogen and oxygen atoms in total. The number of benzene rings is 1. The number of likely N-dealkylation sites (tertiary alicyclic amines) is 2. The molecule has 0 unspecified atom stereocenters. The van der Waals surface area contributed by atoms with Crippen molar-refractivity contribution in [2.45, 2.75) is 38.3 Å². The van der Waals surface area contributed by atoms with Crippen LogP contribution in [0.5, 0.6) is 5.75 Å². The lowest BCUT2D eigenvalue weighted by atomic mass is 10.0. The Labute approximate surface area is 222 Å². The molecule has 3 aliphatic rings. The fraction of sp³-hybridized carbons (Fsp3) is 0.640. The first kappa shape index (κ1) is 27.1. The van der Waals surface area contributed by atoms with Crippen molar-refractivity contribution in [3.05, 3.63) is 22.7 Å². The molecule has 2 atom stereocenters. The highest BCUT2D eigenvalue weighted by Crippen LogP contribution is 2.29. The van der Waals surface area contributed by atoms with E-state index in [4.69, 9.17) is 26.8 Å². The summed E-state index contributed by atoms with van der Waals surface area (Å²) in [5.74, 6) is -0.0550. The van der Waals surface area contributed by atoms with E-state index in [1.165, 1.54) is 19.2 Å². The Morgan fingerprint density at radius 1 is 1.11 bits per heavy atom. The molecule has 1 aromatic rings. The lowest BCUT2D eigenvalue weighted by Crippen LogP contribution is -2.57. The predicted molar refractivity (Wildman–Crippen MR) is 140 cm³/mol. The second-order valence-corrected chi connectivity index (χ2v) is 10.1. The maximum Gasteiger partial charge on any atom is 0.410 e. The van der Waals surface area contributed by atoms with Gasteiger partial charge in [-0.25, -0.2) is 9.59 Å². The molecule has 0 bridgehead atoms. The van der Waals surface area contributed by atoms with Gasteiger partial charge in [-0.15, -0.1) is 0 Å². The van der Waals surface area contributed by atoms with Crippen LogP contribution in [0, 0.1) is 0 Å². The van der Waals surface area contributed by atoms with E-state index in [2.05, 4.69) is 10.2 Å². The van der Waals surface area contributed by atoms with Crippen molar-refractivity contribution in [3.8, 4) is 5.75 Å². The Bertz CT molecular complexity index is 1000. The standard InChI is InChI=1S/C25H37ClN6O5/c1-3-30-12-13-31(24(30)34)11-10-29-9-6-20(22(16-29)37-25(35)32-7-4-5-8-32)28-23(33)17-14-18(26)19(27)15-21(17)36-2/h14-15,20,22H,3-13,16,27H2,1-2H3,(H,28,33)/t20-,22+/m0/s1. The Morgan fingerprint density at radius 2 is 1.84 bits per heavy atom. The molecular weight excluding hydrogens is 500 g/mol. The number of methoxy groups -OCH3 is 1. The molecule has 3 saturated heterocycles. The summed E-state index contributed by atoms with van der Waals surface area (Å²) >= 11 is 6.16. The minimum absolute atomic E-state index is 0.0674. The van der Waals surface area contributed by atoms with Crippen molar-refractivity contribution in [1.29, 1.82) is 0 Å². The van der Waals surface area contributed by atoms with Crippen LogP contribution >= 0.6 is 11.6 Å². The molecule has 204 valence electrons. The number of ether oxygens (including phenoxy) is 2. The van der Waals surface area contributed by atoms with Crippen LogP contribution in [0.3, 0.4) is 0 Å². The molecule has 37 heavy (non-hydrogen) atoms. The number of hydrogen-bond donors (Lipinski definition) is 2. The zero-order valence-electron chi connectivity index (χ0n) is 21.6. The summed E-state index contributed by atoms with van der Waals surface area (Å²) in [5, 5.41) is 3.29. The third-order valence-corrected chi connectivity index (χ3v) is 7.72. The van der Waals surface area contributed by atoms with Crippen molar-refractivity contribution in [2.75, 3.05) is 71.7 Å². The van der Waals surface area contributed by atoms with Crippen LogP contribution in [0.4, 0.5) is 15.3 Å². The van der Waals surface area contributed by atoms with Crippen LogP contribution in [0.15, 0.2) is 12.1 Å². The number of nitrogens with one attached hydrogen (secondary N) is 1. The minimum Gasteiger partial charge on any atom is -0.496 e. The first-order valence-electron chi connectivity index (χ1n) is 13.0. The smallest absolute Gasteiger partial charge is 0.410 e. The van der Waals surface area contributed by atoms with Crippen molar-refractivity contribution in [2.24, 2.45) is 0 Å². The monoisotopic (exact) mass is 536 g/mol. The van der Waals surface area contributed by atoms with E-state index in [1.807, 2.05) is 16.7 Å². The van der Waals surface area contributed by atoms with Gasteiger partial charge in [-0.1, -0.05) is 11.6 Å². The minimum atomic E-state index is -0.539. The van der Waals surface area contributed by atoms with Gasteiger partial charge in [0.15, 0.2) is 0 Å². The Kier molecular flexibility index (Phi) is 8.86. The van der Waals surface area contributed by atoms with Crippen molar-refractivity contribution in [3.63, 3.8) is 0 Å². The van der Waals surface area contributed by atoms with Crippen LogP contribution in [0.1, 0.15) is 36.5 Å². The van der Waals surface area contributed by atoms with E-state index in [1.54, 1.807) is 4.90 Å². The number of nitrogens with two attached hydrogens (primary N) is 1. The van der Waals surface area contributed by atoms with Gasteiger partial charge in [-0.05, 0) is 32.3 Å². The summed E-state index contributed by atoms with van der Waals surface area (Å²) < 4.78 is 11.3. The molecule has 0 aromatic heterocycles. The van der Waals surface area contributed by atoms with E-state index >= 15 is 0 Å². The summed E-state index contributed by atoms with van der Waals surface area (Å²) in [6, 6.07) is 2.68. The second-order valence-electron chi connectivity index (χ2n) is 9.71. The summed E-state index contributed by atoms with van der Waals surface area (Å²) in [4.78, 5) is 46.1. The van der Waals surface area contributed by atoms with Crippen LogP contribution in [-0.4, -0.2) is 116 Å². The molecule has 12 heteroatoms. The highest BCUT2D eigenvalue weighted by atomic mass is 35.5. The lowest BCUT2D eigenvalue weighted by molar-refractivity contribution is 0.00439. The summed E-state index contributed by atoms with van der Waals surface area (Å²) in [6.45, 7) is 7.95. The lowest BCUT2D eigenvalue weighted by Gasteiger charge is -2.39. The number of amides is 4. The molecule has 0 aliphatic carbocycles. The number of piperidine rings is 1. The fourth-order valence-corrected chi connectivity index (χ4v) is 5.29. The highest BCUT2D eigenvalue weighted by Gasteiger charge is 2.36. The quantitative estimate of drug-likeness (QED) is 0.488. The SMILES string of the molecule is CCN1CCN(CCN2CC[C@H](NC(=O)c3cc(Cl)c(N)cc3OC)[C@H](OC(=O)N3CCCC3)C2)C1=O. The van der Waals surface area contributed by atoms with Gasteiger partial charge >= 0.3 is 12.1 Å². The van der Waals surface area contributed by atoms with Crippen LogP contribution in [0.2, 0.25) is 5.02 Å². The number of likely N-dealkylation sites (N-methyl/N-ethyl adjacent to an activating group) is 1. The fourth-order valence-electron chi connectivity index (χ4n) is 5.13. The van der Waals surface area contributed by atoms with Crippen molar-refractivity contribution >= 4 is 35.3 Å². The van der Waals surface area contributed by atoms with E-state index in [-0.39, 0.29) is 34.7 Å². The number of carbonyl (C=O) groups is 3. The highest BCUT2D eigenvalue weighted by molar-refractivity contribution is 6.33. The largest absolute Gasteiger partial charge is 0.496 e. The molecule has 0 saturated carbocycles. The summed E-state index contributed by atoms with van der Waals surface area (Å²) in [5.41, 5.74) is 6.45. The van der Waals surface area contributed by atoms with Crippen LogP contribution < -0.4 is 15.8 Å². The summed E-state index contributed by atoms with van der Waals surface area (Å²) in [7, 11) is 1.46. The topological polar surface area (TPSA) is 121 Å². The number of urea groups is 1. The Hall–Kier alpha value is -2.92. The van der Waals surface area contributed by atoms with Gasteiger partial charge in [0.1, 0.15) is 11.9 Å². The normalized spacial score (nSPS) is 22.5. The van der Waals surface area contributed by atoms with Gasteiger partial charge in [0.2, 0.25) is 0 Å². The van der Waals surface area contributed by atoms with Gasteiger partial charge in [-0.2, -0.15) is 0 Å². The predicted octanol–water partition coefficient (Wildman–Crippen LogP) is 2.09. The van der Waals surface area contributed by atoms with Crippen LogP contribution in [-0.2, 0) is 4.74 Å². The third-order valence-electron chi connectivity index (χ3n) is 7.39. The first-order chi connectivity index (χ1) is 17.8. The Balaban J connectivity index is 1.43. The number of hydrogen-bond acceptors (Lipinski definition) is 7. The second kappa shape index (κ2) is 12.1. The molecule has 0 spiro atoms. The zero-order chi connectivity index (χ0) is 26.5. The maximum absolute atomic E-state index is 13.2. The molecule has 3 heterocycles. The van der Waals surface area contributed by atoms with Crippen molar-refractivity contribution in [1.82, 2.24) is 24.9 Å². The van der Waals surface area contributed by atoms with E-state index in [0.717, 1.165) is 25.9 Å². The molecule has 3 N–H and O–H groups in total. The third kappa shape index (κ3) is 6.32. The van der Waals surface area contributed by atoms with Gasteiger partial charge in [0.25, 0.3) is 5.91 Å². The number of carbonyl (C=O) groups excluding carboxylic acids is 3. The first-order valence-corrected chi connectivity index (χ1v) is 13.3. The van der Waals surface area contributed by atoms with Gasteiger partial charge < -0.3 is 35.2 Å². The van der Waals surface area contributed by atoms with Gasteiger partial charge in [0.05, 0.1) is 29.4 Å². The molecule has 1 aromatic carbocycles. The zero-order valence-corrected chi connectivity index (χ0v) is 22.3. The van der Waals surface area contributed by atoms with E-state index in [9.17, 15) is 14.4 Å². The summed E-state index contributed by atoms with van der Waals surface area (Å²) in [6.07, 6.45) is 1.61. The number of nitrogens with zero attached hydrogens (tertiary/aromatic N) is 4. The molecule has 4 amide bonds. The number of halogens is 1. The molecular formula is C25H37ClN6O5. The number of anilines is 1. The molecule has 4 rings (SSSR count). The Morgan fingerprint density at radius 3 is 2.51 bits per heavy atom. The van der Waals surface area contributed by atoms with E-state index < -0.39 is 6.10 Å². The van der Waals surface area contributed by atoms with Gasteiger partial charge in [-0.3, -0.25) is 9.69 Å². The average molecular weight is 537 g/mol. The number of nitrogen functional groups attached to an aromatic ring is 1. The molecule has 3 fully saturated rings. The molecule has 0 radical (unpaired) electrons. The maximum atomic E-state index is 13.2. The number of rotatable bonds is 8. The van der Waals surface area contributed by atoms with Crippen LogP contribution in [0.25, 0.3) is 0 Å². The van der Waals surface area contributed by atoms with E-state index in [0.29, 0.717) is 63.7 Å². The molecule has 3 aliphatic heterocycles. The average Bonchev–Trinajstić information content (AvgIpc) is 3.55.